The summed E-state index contributed by atoms with van der Waals surface area (Å²) in [5, 5.41) is 2.18. The van der Waals surface area contributed by atoms with Gasteiger partial charge in [-0.15, -0.1) is 0 Å². The maximum absolute atomic E-state index is 5.97. The molecule has 0 atom stereocenters. The van der Waals surface area contributed by atoms with E-state index in [4.69, 9.17) is 8.83 Å². The number of aryl methyl sites for hydroxylation is 2. The molecule has 4 nitrogen and oxygen atoms in total. The monoisotopic (exact) mass is 416 g/mol. The molecule has 0 aliphatic rings. The second kappa shape index (κ2) is 6.17. The van der Waals surface area contributed by atoms with Crippen LogP contribution in [0.3, 0.4) is 0 Å². The van der Waals surface area contributed by atoms with E-state index in [0.29, 0.717) is 0 Å². The fraction of sp³-hybridized carbons (Fsp3) is 0.0714. The lowest BCUT2D eigenvalue weighted by molar-refractivity contribution is 0.619. The van der Waals surface area contributed by atoms with E-state index >= 15 is 0 Å². The molecule has 0 spiro atoms. The highest BCUT2D eigenvalue weighted by Gasteiger charge is 2.21. The van der Waals surface area contributed by atoms with Crippen molar-refractivity contribution in [3.63, 3.8) is 0 Å². The predicted molar refractivity (Wildman–Crippen MR) is 129 cm³/mol. The first kappa shape index (κ1) is 17.5. The average Bonchev–Trinajstić information content (AvgIpc) is 3.55. The van der Waals surface area contributed by atoms with Gasteiger partial charge >= 0.3 is 0 Å². The number of fused-ring (bicyclic) bond motifs is 6. The molecular weight excluding hydrogens is 396 g/mol. The smallest absolute Gasteiger partial charge is 0.160 e. The molecule has 0 unspecified atom stereocenters. The van der Waals surface area contributed by atoms with Gasteiger partial charge in [-0.05, 0) is 50.2 Å². The van der Waals surface area contributed by atoms with Gasteiger partial charge in [0.25, 0.3) is 0 Å². The van der Waals surface area contributed by atoms with Gasteiger partial charge in [0.05, 0.1) is 34.6 Å². The van der Waals surface area contributed by atoms with Gasteiger partial charge in [0.15, 0.2) is 11.2 Å². The van der Waals surface area contributed by atoms with Gasteiger partial charge in [0.2, 0.25) is 0 Å². The summed E-state index contributed by atoms with van der Waals surface area (Å²) in [6.07, 6.45) is 3.54. The van der Waals surface area contributed by atoms with Gasteiger partial charge < -0.3 is 18.0 Å². The highest BCUT2D eigenvalue weighted by atomic mass is 16.3. The fourth-order valence-corrected chi connectivity index (χ4v) is 4.87. The molecule has 0 radical (unpaired) electrons. The molecule has 154 valence electrons. The van der Waals surface area contributed by atoms with Crippen molar-refractivity contribution in [3.8, 4) is 11.4 Å². The van der Waals surface area contributed by atoms with E-state index in [1.165, 1.54) is 11.1 Å². The molecule has 7 rings (SSSR count). The van der Waals surface area contributed by atoms with Crippen LogP contribution in [0.4, 0.5) is 0 Å². The highest BCUT2D eigenvalue weighted by Crippen LogP contribution is 2.40. The zero-order valence-electron chi connectivity index (χ0n) is 17.8. The molecule has 4 aromatic heterocycles. The van der Waals surface area contributed by atoms with Crippen LogP contribution in [-0.4, -0.2) is 9.13 Å². The third kappa shape index (κ3) is 2.26. The minimum Gasteiger partial charge on any atom is -0.462 e. The van der Waals surface area contributed by atoms with E-state index in [0.717, 1.165) is 55.4 Å². The molecule has 0 bridgehead atoms. The van der Waals surface area contributed by atoms with E-state index in [9.17, 15) is 0 Å². The minimum absolute atomic E-state index is 0.899. The topological polar surface area (TPSA) is 36.1 Å². The molecule has 0 fully saturated rings. The Morgan fingerprint density at radius 3 is 1.31 bits per heavy atom. The quantitative estimate of drug-likeness (QED) is 0.290. The normalized spacial score (nSPS) is 12.1. The van der Waals surface area contributed by atoms with Crippen LogP contribution >= 0.6 is 0 Å². The summed E-state index contributed by atoms with van der Waals surface area (Å²) in [7, 11) is 0. The van der Waals surface area contributed by atoms with Crippen LogP contribution in [-0.2, 0) is 0 Å². The van der Waals surface area contributed by atoms with Crippen molar-refractivity contribution in [2.24, 2.45) is 0 Å². The zero-order chi connectivity index (χ0) is 21.4. The third-order valence-corrected chi connectivity index (χ3v) is 6.44. The number of furan rings is 2. The van der Waals surface area contributed by atoms with Crippen molar-refractivity contribution in [2.45, 2.75) is 13.8 Å². The lowest BCUT2D eigenvalue weighted by Gasteiger charge is -2.09. The molecule has 7 aromatic rings. The van der Waals surface area contributed by atoms with Gasteiger partial charge in [0, 0.05) is 34.3 Å². The van der Waals surface area contributed by atoms with Crippen molar-refractivity contribution in [1.82, 2.24) is 9.13 Å². The Bertz CT molecular complexity index is 1640. The van der Waals surface area contributed by atoms with E-state index in [2.05, 4.69) is 83.6 Å². The van der Waals surface area contributed by atoms with Crippen LogP contribution in [0, 0.1) is 13.8 Å². The molecule has 0 saturated heterocycles. The molecule has 0 aliphatic heterocycles. The van der Waals surface area contributed by atoms with Crippen molar-refractivity contribution in [2.75, 3.05) is 0 Å². The Kier molecular flexibility index (Phi) is 3.37. The SMILES string of the molecule is Cc1ccc(-n2c3cc4c5occc5n(-c5ccc(C)cc5)c4cc3c3occc32)cc1. The first-order valence-corrected chi connectivity index (χ1v) is 10.8. The average molecular weight is 416 g/mol. The van der Waals surface area contributed by atoms with Crippen LogP contribution in [0.15, 0.2) is 94.2 Å². The van der Waals surface area contributed by atoms with Crippen molar-refractivity contribution >= 4 is 44.0 Å². The number of benzene rings is 3. The molecule has 32 heavy (non-hydrogen) atoms. The summed E-state index contributed by atoms with van der Waals surface area (Å²) < 4.78 is 16.5. The Morgan fingerprint density at radius 1 is 0.500 bits per heavy atom. The molecule has 0 aliphatic carbocycles. The lowest BCUT2D eigenvalue weighted by Crippen LogP contribution is -1.94. The van der Waals surface area contributed by atoms with Gasteiger partial charge in [-0.1, -0.05) is 35.4 Å². The molecule has 3 aromatic carbocycles. The summed E-state index contributed by atoms with van der Waals surface area (Å²) >= 11 is 0. The number of rotatable bonds is 2. The largest absolute Gasteiger partial charge is 0.462 e. The van der Waals surface area contributed by atoms with E-state index in [1.807, 2.05) is 12.1 Å². The minimum atomic E-state index is 0.899. The van der Waals surface area contributed by atoms with Crippen molar-refractivity contribution in [1.29, 1.82) is 0 Å². The maximum Gasteiger partial charge on any atom is 0.160 e. The molecule has 0 N–H and O–H groups in total. The number of hydrogen-bond acceptors (Lipinski definition) is 2. The Morgan fingerprint density at radius 2 is 0.906 bits per heavy atom. The molecule has 4 heteroatoms. The van der Waals surface area contributed by atoms with Crippen LogP contribution in [0.2, 0.25) is 0 Å². The van der Waals surface area contributed by atoms with Crippen LogP contribution in [0.1, 0.15) is 11.1 Å². The summed E-state index contributed by atoms with van der Waals surface area (Å²) in [5.74, 6) is 0. The number of nitrogens with zero attached hydrogens (tertiary/aromatic N) is 2. The van der Waals surface area contributed by atoms with Crippen molar-refractivity contribution < 1.29 is 8.83 Å². The van der Waals surface area contributed by atoms with E-state index in [1.54, 1.807) is 12.5 Å². The van der Waals surface area contributed by atoms with Gasteiger partial charge in [-0.2, -0.15) is 0 Å². The lowest BCUT2D eigenvalue weighted by atomic mass is 10.1. The fourth-order valence-electron chi connectivity index (χ4n) is 4.87. The summed E-state index contributed by atoms with van der Waals surface area (Å²) in [6.45, 7) is 4.21. The van der Waals surface area contributed by atoms with E-state index < -0.39 is 0 Å². The van der Waals surface area contributed by atoms with Crippen LogP contribution in [0.25, 0.3) is 55.4 Å². The molecule has 0 saturated carbocycles. The Balaban J connectivity index is 1.63. The third-order valence-electron chi connectivity index (χ3n) is 6.44. The predicted octanol–water partition coefficient (Wildman–Crippen LogP) is 7.68. The molecule has 0 amide bonds. The number of aromatic nitrogens is 2. The van der Waals surface area contributed by atoms with Gasteiger partial charge in [0.1, 0.15) is 0 Å². The summed E-state index contributed by atoms with van der Waals surface area (Å²) in [5.41, 5.74) is 10.8. The van der Waals surface area contributed by atoms with E-state index in [-0.39, 0.29) is 0 Å². The second-order valence-electron chi connectivity index (χ2n) is 8.50. The summed E-state index contributed by atoms with van der Waals surface area (Å²) in [6, 6.07) is 25.7. The summed E-state index contributed by atoms with van der Waals surface area (Å²) in [4.78, 5) is 0. The number of hydrogen-bond donors (Lipinski definition) is 0. The standard InChI is InChI=1S/C28H20N2O2/c1-17-3-7-19(8-4-17)29-23-11-13-31-27(23)21-16-26-22(15-25(21)29)28-24(12-14-32-28)30(26)20-9-5-18(2)6-10-20/h3-16H,1-2H3. The van der Waals surface area contributed by atoms with Gasteiger partial charge in [-0.25, -0.2) is 0 Å². The van der Waals surface area contributed by atoms with Gasteiger partial charge in [-0.3, -0.25) is 0 Å². The Labute approximate surface area is 183 Å². The second-order valence-corrected chi connectivity index (χ2v) is 8.50. The first-order valence-electron chi connectivity index (χ1n) is 10.8. The van der Waals surface area contributed by atoms with Crippen LogP contribution < -0.4 is 0 Å². The maximum atomic E-state index is 5.97. The molecular formula is C28H20N2O2. The first-order chi connectivity index (χ1) is 15.7. The molecule has 4 heterocycles. The van der Waals surface area contributed by atoms with Crippen molar-refractivity contribution in [3.05, 3.63) is 96.4 Å². The highest BCUT2D eigenvalue weighted by molar-refractivity contribution is 6.16. The Hall–Kier alpha value is -4.18. The van der Waals surface area contributed by atoms with Crippen LogP contribution in [0.5, 0.6) is 0 Å². The zero-order valence-corrected chi connectivity index (χ0v) is 17.8.